The maximum Gasteiger partial charge on any atom is 0.119 e. The molecule has 0 radical (unpaired) electrons. The summed E-state index contributed by atoms with van der Waals surface area (Å²) < 4.78 is 5.70. The third-order valence-electron chi connectivity index (χ3n) is 2.81. The lowest BCUT2D eigenvalue weighted by molar-refractivity contribution is 0.294. The molecule has 19 heavy (non-hydrogen) atoms. The molecule has 0 fully saturated rings. The molecule has 0 unspecified atom stereocenters. The van der Waals surface area contributed by atoms with Crippen LogP contribution in [0.25, 0.3) is 0 Å². The van der Waals surface area contributed by atoms with E-state index in [-0.39, 0.29) is 0 Å². The number of rotatable bonds is 7. The van der Waals surface area contributed by atoms with Crippen LogP contribution in [0.5, 0.6) is 5.75 Å². The van der Waals surface area contributed by atoms with E-state index in [1.54, 1.807) is 17.2 Å². The molecule has 0 saturated heterocycles. The second-order valence-electron chi connectivity index (χ2n) is 5.07. The molecule has 0 aliphatic rings. The minimum atomic E-state index is 0.686. The van der Waals surface area contributed by atoms with E-state index in [4.69, 9.17) is 4.74 Å². The Bertz CT molecular complexity index is 463. The number of ether oxygens (including phenoxy) is 1. The minimum absolute atomic E-state index is 0.686. The van der Waals surface area contributed by atoms with Crippen molar-refractivity contribution in [2.75, 3.05) is 6.61 Å². The molecule has 0 spiro atoms. The molecule has 1 heterocycles. The zero-order valence-electron chi connectivity index (χ0n) is 11.6. The summed E-state index contributed by atoms with van der Waals surface area (Å²) >= 11 is 0. The molecule has 1 aromatic heterocycles. The Morgan fingerprint density at radius 1 is 1.11 bits per heavy atom. The van der Waals surface area contributed by atoms with Gasteiger partial charge in [-0.15, -0.1) is 0 Å². The van der Waals surface area contributed by atoms with E-state index in [0.717, 1.165) is 25.1 Å². The summed E-state index contributed by atoms with van der Waals surface area (Å²) in [5.74, 6) is 1.62. The van der Waals surface area contributed by atoms with Gasteiger partial charge >= 0.3 is 0 Å². The number of nitrogens with zero attached hydrogens (tertiary/aromatic N) is 3. The number of aryl methyl sites for hydroxylation is 1. The van der Waals surface area contributed by atoms with Gasteiger partial charge in [-0.25, -0.2) is 0 Å². The van der Waals surface area contributed by atoms with Crippen molar-refractivity contribution >= 4 is 0 Å². The predicted octanol–water partition coefficient (Wildman–Crippen LogP) is 2.95. The molecule has 0 N–H and O–H groups in total. The Hall–Kier alpha value is -1.84. The SMILES string of the molecule is CC(C)Cc1ccc(OCCCn2nccn2)cc1. The standard InChI is InChI=1S/C15H21N3O/c1-13(2)12-14-4-6-15(7-5-14)19-11-3-10-18-16-8-9-17-18/h4-9,13H,3,10-12H2,1-2H3. The molecular weight excluding hydrogens is 238 g/mol. The zero-order valence-corrected chi connectivity index (χ0v) is 11.6. The second kappa shape index (κ2) is 6.92. The van der Waals surface area contributed by atoms with Crippen molar-refractivity contribution in [2.45, 2.75) is 33.2 Å². The van der Waals surface area contributed by atoms with E-state index < -0.39 is 0 Å². The molecule has 0 amide bonds. The topological polar surface area (TPSA) is 39.9 Å². The van der Waals surface area contributed by atoms with Gasteiger partial charge in [-0.1, -0.05) is 26.0 Å². The van der Waals surface area contributed by atoms with Gasteiger partial charge in [-0.2, -0.15) is 15.0 Å². The van der Waals surface area contributed by atoms with Crippen LogP contribution in [0, 0.1) is 5.92 Å². The Kier molecular flexibility index (Phi) is 4.95. The molecule has 0 atom stereocenters. The van der Waals surface area contributed by atoms with Crippen LogP contribution in [0.4, 0.5) is 0 Å². The predicted molar refractivity (Wildman–Crippen MR) is 75.1 cm³/mol. The van der Waals surface area contributed by atoms with Crippen molar-refractivity contribution in [1.82, 2.24) is 15.0 Å². The summed E-state index contributed by atoms with van der Waals surface area (Å²) in [5.41, 5.74) is 1.36. The van der Waals surface area contributed by atoms with Crippen molar-refractivity contribution in [2.24, 2.45) is 5.92 Å². The molecule has 0 aliphatic carbocycles. The number of hydrogen-bond acceptors (Lipinski definition) is 3. The molecule has 0 saturated carbocycles. The Balaban J connectivity index is 1.71. The Morgan fingerprint density at radius 2 is 1.79 bits per heavy atom. The fraction of sp³-hybridized carbons (Fsp3) is 0.467. The first-order chi connectivity index (χ1) is 9.24. The highest BCUT2D eigenvalue weighted by Gasteiger charge is 1.99. The molecule has 2 rings (SSSR count). The van der Waals surface area contributed by atoms with Crippen molar-refractivity contribution in [3.63, 3.8) is 0 Å². The van der Waals surface area contributed by atoms with E-state index in [9.17, 15) is 0 Å². The molecule has 102 valence electrons. The Morgan fingerprint density at radius 3 is 2.42 bits per heavy atom. The minimum Gasteiger partial charge on any atom is -0.494 e. The van der Waals surface area contributed by atoms with Crippen LogP contribution in [0.3, 0.4) is 0 Å². The van der Waals surface area contributed by atoms with Crippen LogP contribution < -0.4 is 4.74 Å². The summed E-state index contributed by atoms with van der Waals surface area (Å²) in [7, 11) is 0. The lowest BCUT2D eigenvalue weighted by atomic mass is 10.0. The third kappa shape index (κ3) is 4.73. The normalized spacial score (nSPS) is 10.9. The fourth-order valence-electron chi connectivity index (χ4n) is 1.95. The summed E-state index contributed by atoms with van der Waals surface area (Å²) in [6.45, 7) is 5.94. The van der Waals surface area contributed by atoms with Crippen LogP contribution in [0.2, 0.25) is 0 Å². The molecule has 0 bridgehead atoms. The number of hydrogen-bond donors (Lipinski definition) is 0. The maximum atomic E-state index is 5.70. The fourth-order valence-corrected chi connectivity index (χ4v) is 1.95. The van der Waals surface area contributed by atoms with Crippen molar-refractivity contribution in [3.05, 3.63) is 42.2 Å². The van der Waals surface area contributed by atoms with Gasteiger partial charge in [-0.3, -0.25) is 0 Å². The average molecular weight is 259 g/mol. The van der Waals surface area contributed by atoms with Crippen LogP contribution in [0.15, 0.2) is 36.7 Å². The third-order valence-corrected chi connectivity index (χ3v) is 2.81. The van der Waals surface area contributed by atoms with E-state index in [1.807, 2.05) is 12.1 Å². The van der Waals surface area contributed by atoms with Crippen LogP contribution in [-0.4, -0.2) is 21.6 Å². The first kappa shape index (κ1) is 13.6. The van der Waals surface area contributed by atoms with Crippen LogP contribution in [0.1, 0.15) is 25.8 Å². The van der Waals surface area contributed by atoms with E-state index >= 15 is 0 Å². The lowest BCUT2D eigenvalue weighted by Crippen LogP contribution is -2.07. The molecule has 0 aliphatic heterocycles. The van der Waals surface area contributed by atoms with Gasteiger partial charge in [0.15, 0.2) is 0 Å². The van der Waals surface area contributed by atoms with Gasteiger partial charge in [0.05, 0.1) is 25.5 Å². The number of aromatic nitrogens is 3. The first-order valence-corrected chi connectivity index (χ1v) is 6.80. The summed E-state index contributed by atoms with van der Waals surface area (Å²) in [6.07, 6.45) is 5.40. The van der Waals surface area contributed by atoms with Crippen molar-refractivity contribution in [3.8, 4) is 5.75 Å². The highest BCUT2D eigenvalue weighted by Crippen LogP contribution is 2.15. The number of benzene rings is 1. The highest BCUT2D eigenvalue weighted by atomic mass is 16.5. The van der Waals surface area contributed by atoms with Gasteiger partial charge in [0.25, 0.3) is 0 Å². The van der Waals surface area contributed by atoms with Gasteiger partial charge < -0.3 is 4.74 Å². The monoisotopic (exact) mass is 259 g/mol. The highest BCUT2D eigenvalue weighted by molar-refractivity contribution is 5.27. The van der Waals surface area contributed by atoms with Crippen LogP contribution >= 0.6 is 0 Å². The largest absolute Gasteiger partial charge is 0.494 e. The second-order valence-corrected chi connectivity index (χ2v) is 5.07. The summed E-state index contributed by atoms with van der Waals surface area (Å²) in [5, 5.41) is 8.10. The molecular formula is C15H21N3O. The van der Waals surface area contributed by atoms with E-state index in [2.05, 4.69) is 36.2 Å². The van der Waals surface area contributed by atoms with Crippen molar-refractivity contribution < 1.29 is 4.74 Å². The van der Waals surface area contributed by atoms with Gasteiger partial charge in [-0.05, 0) is 30.0 Å². The van der Waals surface area contributed by atoms with E-state index in [0.29, 0.717) is 12.5 Å². The average Bonchev–Trinajstić information content (AvgIpc) is 2.89. The zero-order chi connectivity index (χ0) is 13.5. The van der Waals surface area contributed by atoms with Gasteiger partial charge in [0, 0.05) is 6.42 Å². The maximum absolute atomic E-state index is 5.70. The van der Waals surface area contributed by atoms with Gasteiger partial charge in [0.2, 0.25) is 0 Å². The Labute approximate surface area is 114 Å². The molecule has 4 heteroatoms. The van der Waals surface area contributed by atoms with Crippen LogP contribution in [-0.2, 0) is 13.0 Å². The van der Waals surface area contributed by atoms with Gasteiger partial charge in [0.1, 0.15) is 5.75 Å². The lowest BCUT2D eigenvalue weighted by Gasteiger charge is -2.08. The van der Waals surface area contributed by atoms with E-state index in [1.165, 1.54) is 5.56 Å². The molecule has 4 nitrogen and oxygen atoms in total. The smallest absolute Gasteiger partial charge is 0.119 e. The molecule has 1 aromatic carbocycles. The quantitative estimate of drug-likeness (QED) is 0.718. The van der Waals surface area contributed by atoms with Crippen molar-refractivity contribution in [1.29, 1.82) is 0 Å². The molecule has 2 aromatic rings. The summed E-state index contributed by atoms with van der Waals surface area (Å²) in [6, 6.07) is 8.38. The first-order valence-electron chi connectivity index (χ1n) is 6.80. The summed E-state index contributed by atoms with van der Waals surface area (Å²) in [4.78, 5) is 1.68.